The SMILES string of the molecule is CCCCNC(=O)Cn1cnc2c1c(=O)n(C)c(=O)n2C. The molecule has 0 radical (unpaired) electrons. The number of aromatic nitrogens is 4. The molecule has 0 unspecified atom stereocenters. The fourth-order valence-corrected chi connectivity index (χ4v) is 2.13. The predicted octanol–water partition coefficient (Wildman–Crippen LogP) is -0.650. The van der Waals surface area contributed by atoms with Gasteiger partial charge >= 0.3 is 5.69 Å². The summed E-state index contributed by atoms with van der Waals surface area (Å²) in [6.07, 6.45) is 3.31. The summed E-state index contributed by atoms with van der Waals surface area (Å²) in [5, 5.41) is 2.78. The van der Waals surface area contributed by atoms with Crippen LogP contribution in [0.4, 0.5) is 0 Å². The van der Waals surface area contributed by atoms with E-state index in [2.05, 4.69) is 10.3 Å². The summed E-state index contributed by atoms with van der Waals surface area (Å²) in [5.74, 6) is -0.182. The van der Waals surface area contributed by atoms with E-state index in [1.54, 1.807) is 7.05 Å². The molecule has 0 aliphatic heterocycles. The summed E-state index contributed by atoms with van der Waals surface area (Å²) in [5.41, 5.74) is -0.355. The highest BCUT2D eigenvalue weighted by molar-refractivity contribution is 5.78. The van der Waals surface area contributed by atoms with Crippen molar-refractivity contribution in [3.8, 4) is 0 Å². The minimum atomic E-state index is -0.452. The zero-order valence-corrected chi connectivity index (χ0v) is 12.4. The van der Waals surface area contributed by atoms with Crippen molar-refractivity contribution in [3.63, 3.8) is 0 Å². The molecule has 0 spiro atoms. The largest absolute Gasteiger partial charge is 0.355 e. The fourth-order valence-electron chi connectivity index (χ4n) is 2.13. The van der Waals surface area contributed by atoms with Gasteiger partial charge in [0.1, 0.15) is 6.54 Å². The highest BCUT2D eigenvalue weighted by Crippen LogP contribution is 2.04. The number of nitrogens with one attached hydrogen (secondary N) is 1. The van der Waals surface area contributed by atoms with Gasteiger partial charge in [0, 0.05) is 20.6 Å². The molecule has 0 aromatic carbocycles. The zero-order chi connectivity index (χ0) is 15.6. The molecule has 0 aliphatic rings. The van der Waals surface area contributed by atoms with Gasteiger partial charge in [-0.3, -0.25) is 18.7 Å². The van der Waals surface area contributed by atoms with E-state index in [9.17, 15) is 14.4 Å². The molecule has 1 amide bonds. The average molecular weight is 293 g/mol. The van der Waals surface area contributed by atoms with E-state index >= 15 is 0 Å². The Morgan fingerprint density at radius 1 is 1.29 bits per heavy atom. The second kappa shape index (κ2) is 5.94. The molecule has 21 heavy (non-hydrogen) atoms. The van der Waals surface area contributed by atoms with Crippen molar-refractivity contribution in [2.75, 3.05) is 6.54 Å². The first-order chi connectivity index (χ1) is 9.97. The molecular weight excluding hydrogens is 274 g/mol. The van der Waals surface area contributed by atoms with E-state index in [1.165, 1.54) is 22.5 Å². The number of hydrogen-bond acceptors (Lipinski definition) is 4. The van der Waals surface area contributed by atoms with Crippen molar-refractivity contribution in [1.82, 2.24) is 24.0 Å². The van der Waals surface area contributed by atoms with E-state index < -0.39 is 11.2 Å². The summed E-state index contributed by atoms with van der Waals surface area (Å²) in [6.45, 7) is 2.66. The van der Waals surface area contributed by atoms with Crippen LogP contribution in [0.15, 0.2) is 15.9 Å². The molecular formula is C13H19N5O3. The summed E-state index contributed by atoms with van der Waals surface area (Å²) >= 11 is 0. The monoisotopic (exact) mass is 293 g/mol. The molecule has 8 nitrogen and oxygen atoms in total. The first kappa shape index (κ1) is 15.0. The fraction of sp³-hybridized carbons (Fsp3) is 0.538. The molecule has 2 aromatic heterocycles. The Morgan fingerprint density at radius 3 is 2.67 bits per heavy atom. The van der Waals surface area contributed by atoms with Gasteiger partial charge in [0.2, 0.25) is 5.91 Å². The normalized spacial score (nSPS) is 11.0. The number of carbonyl (C=O) groups is 1. The molecule has 8 heteroatoms. The Hall–Kier alpha value is -2.38. The Labute approximate surface area is 121 Å². The van der Waals surface area contributed by atoms with Crippen LogP contribution in [0.5, 0.6) is 0 Å². The highest BCUT2D eigenvalue weighted by Gasteiger charge is 2.15. The number of amides is 1. The lowest BCUT2D eigenvalue weighted by molar-refractivity contribution is -0.121. The van der Waals surface area contributed by atoms with Gasteiger partial charge in [-0.05, 0) is 6.42 Å². The first-order valence-corrected chi connectivity index (χ1v) is 6.85. The third-order valence-electron chi connectivity index (χ3n) is 3.38. The van der Waals surface area contributed by atoms with Crippen molar-refractivity contribution in [2.45, 2.75) is 26.3 Å². The summed E-state index contributed by atoms with van der Waals surface area (Å²) < 4.78 is 3.77. The van der Waals surface area contributed by atoms with Gasteiger partial charge in [0.15, 0.2) is 11.2 Å². The van der Waals surface area contributed by atoms with Crippen LogP contribution in [-0.4, -0.2) is 31.1 Å². The number of rotatable bonds is 5. The standard InChI is InChI=1S/C13H19N5O3/c1-4-5-6-14-9(19)7-18-8-15-11-10(18)12(20)17(3)13(21)16(11)2/h8H,4-7H2,1-3H3,(H,14,19). The quantitative estimate of drug-likeness (QED) is 0.742. The maximum Gasteiger partial charge on any atom is 0.332 e. The van der Waals surface area contributed by atoms with Crippen LogP contribution in [0.1, 0.15) is 19.8 Å². The van der Waals surface area contributed by atoms with Crippen molar-refractivity contribution in [3.05, 3.63) is 27.2 Å². The molecule has 0 bridgehead atoms. The van der Waals surface area contributed by atoms with Crippen LogP contribution in [0.3, 0.4) is 0 Å². The molecule has 0 saturated carbocycles. The van der Waals surface area contributed by atoms with Gasteiger partial charge in [0.25, 0.3) is 5.56 Å². The van der Waals surface area contributed by atoms with Gasteiger partial charge in [-0.25, -0.2) is 9.78 Å². The number of hydrogen-bond donors (Lipinski definition) is 1. The number of aryl methyl sites for hydroxylation is 1. The van der Waals surface area contributed by atoms with Crippen LogP contribution < -0.4 is 16.6 Å². The first-order valence-electron chi connectivity index (χ1n) is 6.85. The van der Waals surface area contributed by atoms with E-state index in [-0.39, 0.29) is 23.6 Å². The van der Waals surface area contributed by atoms with Crippen LogP contribution >= 0.6 is 0 Å². The van der Waals surface area contributed by atoms with Gasteiger partial charge in [-0.15, -0.1) is 0 Å². The number of imidazole rings is 1. The van der Waals surface area contributed by atoms with Gasteiger partial charge in [0.05, 0.1) is 6.33 Å². The minimum Gasteiger partial charge on any atom is -0.355 e. The van der Waals surface area contributed by atoms with Crippen LogP contribution in [-0.2, 0) is 25.4 Å². The minimum absolute atomic E-state index is 0.00760. The van der Waals surface area contributed by atoms with Crippen LogP contribution in [0.25, 0.3) is 11.2 Å². The number of unbranched alkanes of at least 4 members (excludes halogenated alkanes) is 1. The third kappa shape index (κ3) is 2.74. The molecule has 114 valence electrons. The molecule has 2 rings (SSSR count). The summed E-state index contributed by atoms with van der Waals surface area (Å²) in [4.78, 5) is 39.9. The summed E-state index contributed by atoms with van der Waals surface area (Å²) in [7, 11) is 2.95. The van der Waals surface area contributed by atoms with Gasteiger partial charge < -0.3 is 9.88 Å². The lowest BCUT2D eigenvalue weighted by Gasteiger charge is -2.07. The van der Waals surface area contributed by atoms with Crippen LogP contribution in [0.2, 0.25) is 0 Å². The number of fused-ring (bicyclic) bond motifs is 1. The Balaban J connectivity index is 2.37. The number of carbonyl (C=O) groups excluding carboxylic acids is 1. The molecule has 0 saturated heterocycles. The maximum absolute atomic E-state index is 12.2. The second-order valence-corrected chi connectivity index (χ2v) is 4.95. The zero-order valence-electron chi connectivity index (χ0n) is 12.4. The van der Waals surface area contributed by atoms with Gasteiger partial charge in [-0.2, -0.15) is 0 Å². The lowest BCUT2D eigenvalue weighted by atomic mass is 10.3. The van der Waals surface area contributed by atoms with E-state index in [0.29, 0.717) is 6.54 Å². The number of nitrogens with zero attached hydrogens (tertiary/aromatic N) is 4. The van der Waals surface area contributed by atoms with Crippen molar-refractivity contribution in [1.29, 1.82) is 0 Å². The molecule has 2 heterocycles. The van der Waals surface area contributed by atoms with Crippen molar-refractivity contribution >= 4 is 17.1 Å². The van der Waals surface area contributed by atoms with Gasteiger partial charge in [-0.1, -0.05) is 13.3 Å². The van der Waals surface area contributed by atoms with E-state index in [4.69, 9.17) is 0 Å². The smallest absolute Gasteiger partial charge is 0.332 e. The predicted molar refractivity (Wildman–Crippen MR) is 78.1 cm³/mol. The Kier molecular flexibility index (Phi) is 4.25. The second-order valence-electron chi connectivity index (χ2n) is 4.95. The lowest BCUT2D eigenvalue weighted by Crippen LogP contribution is -2.38. The van der Waals surface area contributed by atoms with Crippen molar-refractivity contribution < 1.29 is 4.79 Å². The molecule has 0 fully saturated rings. The highest BCUT2D eigenvalue weighted by atomic mass is 16.2. The van der Waals surface area contributed by atoms with E-state index in [0.717, 1.165) is 17.4 Å². The molecule has 2 aromatic rings. The maximum atomic E-state index is 12.2. The molecule has 1 N–H and O–H groups in total. The third-order valence-corrected chi connectivity index (χ3v) is 3.38. The van der Waals surface area contributed by atoms with Crippen molar-refractivity contribution in [2.24, 2.45) is 14.1 Å². The average Bonchev–Trinajstić information content (AvgIpc) is 2.87. The topological polar surface area (TPSA) is 90.9 Å². The Bertz CT molecular complexity index is 783. The Morgan fingerprint density at radius 2 is 2.00 bits per heavy atom. The molecule has 0 aliphatic carbocycles. The van der Waals surface area contributed by atoms with Crippen LogP contribution in [0, 0.1) is 0 Å². The summed E-state index contributed by atoms with van der Waals surface area (Å²) in [6, 6.07) is 0. The molecule has 0 atom stereocenters. The van der Waals surface area contributed by atoms with E-state index in [1.807, 2.05) is 6.92 Å².